The normalized spacial score (nSPS) is 11.8. The standard InChI is InChI=1S/C15H22N2O3/c1-4-5-6-13(15(19)20-3)17-14(18)11-7-8-12(16)10(2)9-11/h7-9,13H,4-6,16H2,1-3H3,(H,17,18)/t13-/m1/s1. The van der Waals surface area contributed by atoms with Crippen LogP contribution < -0.4 is 11.1 Å². The number of ether oxygens (including phenoxy) is 1. The number of carbonyl (C=O) groups excluding carboxylic acids is 2. The first kappa shape index (κ1) is 16.0. The van der Waals surface area contributed by atoms with Gasteiger partial charge in [-0.2, -0.15) is 0 Å². The van der Waals surface area contributed by atoms with Gasteiger partial charge in [0.1, 0.15) is 6.04 Å². The molecule has 0 fully saturated rings. The lowest BCUT2D eigenvalue weighted by molar-refractivity contribution is -0.143. The molecule has 5 nitrogen and oxygen atoms in total. The molecule has 0 saturated carbocycles. The molecule has 0 unspecified atom stereocenters. The molecule has 0 bridgehead atoms. The van der Waals surface area contributed by atoms with E-state index in [1.54, 1.807) is 18.2 Å². The summed E-state index contributed by atoms with van der Waals surface area (Å²) in [5, 5.41) is 2.71. The van der Waals surface area contributed by atoms with Crippen molar-refractivity contribution in [3.8, 4) is 0 Å². The number of benzene rings is 1. The maximum atomic E-state index is 12.1. The van der Waals surface area contributed by atoms with Crippen molar-refractivity contribution in [3.63, 3.8) is 0 Å². The minimum Gasteiger partial charge on any atom is -0.467 e. The highest BCUT2D eigenvalue weighted by molar-refractivity contribution is 5.97. The molecule has 1 amide bonds. The quantitative estimate of drug-likeness (QED) is 0.616. The van der Waals surface area contributed by atoms with Gasteiger partial charge >= 0.3 is 5.97 Å². The van der Waals surface area contributed by atoms with Crippen LogP contribution in [-0.4, -0.2) is 25.0 Å². The zero-order chi connectivity index (χ0) is 15.1. The Morgan fingerprint density at radius 3 is 2.65 bits per heavy atom. The Balaban J connectivity index is 2.78. The smallest absolute Gasteiger partial charge is 0.328 e. The van der Waals surface area contributed by atoms with E-state index in [4.69, 9.17) is 10.5 Å². The van der Waals surface area contributed by atoms with Gasteiger partial charge in [-0.3, -0.25) is 4.79 Å². The zero-order valence-electron chi connectivity index (χ0n) is 12.2. The van der Waals surface area contributed by atoms with Crippen molar-refractivity contribution < 1.29 is 14.3 Å². The molecule has 1 aromatic carbocycles. The number of carbonyl (C=O) groups is 2. The van der Waals surface area contributed by atoms with E-state index in [9.17, 15) is 9.59 Å². The van der Waals surface area contributed by atoms with Crippen molar-refractivity contribution >= 4 is 17.6 Å². The summed E-state index contributed by atoms with van der Waals surface area (Å²) < 4.78 is 4.72. The third kappa shape index (κ3) is 4.26. The largest absolute Gasteiger partial charge is 0.467 e. The number of esters is 1. The summed E-state index contributed by atoms with van der Waals surface area (Å²) in [5.74, 6) is -0.710. The van der Waals surface area contributed by atoms with Crippen LogP contribution in [0.4, 0.5) is 5.69 Å². The molecular formula is C15H22N2O3. The van der Waals surface area contributed by atoms with E-state index >= 15 is 0 Å². The van der Waals surface area contributed by atoms with Crippen molar-refractivity contribution in [2.75, 3.05) is 12.8 Å². The van der Waals surface area contributed by atoms with E-state index in [0.29, 0.717) is 17.7 Å². The fourth-order valence-electron chi connectivity index (χ4n) is 1.86. The summed E-state index contributed by atoms with van der Waals surface area (Å²) in [6.07, 6.45) is 2.37. The molecule has 110 valence electrons. The van der Waals surface area contributed by atoms with Crippen LogP contribution >= 0.6 is 0 Å². The summed E-state index contributed by atoms with van der Waals surface area (Å²) in [5.41, 5.74) is 7.68. The SMILES string of the molecule is CCCC[C@@H](NC(=O)c1ccc(N)c(C)c1)C(=O)OC. The Morgan fingerprint density at radius 1 is 1.40 bits per heavy atom. The summed E-state index contributed by atoms with van der Waals surface area (Å²) in [7, 11) is 1.32. The third-order valence-electron chi connectivity index (χ3n) is 3.17. The second kappa shape index (κ2) is 7.53. The highest BCUT2D eigenvalue weighted by Crippen LogP contribution is 2.13. The first-order valence-corrected chi connectivity index (χ1v) is 6.74. The van der Waals surface area contributed by atoms with Gasteiger partial charge in [0, 0.05) is 11.3 Å². The number of anilines is 1. The molecule has 0 saturated heterocycles. The molecular weight excluding hydrogens is 256 g/mol. The number of rotatable bonds is 6. The summed E-state index contributed by atoms with van der Waals surface area (Å²) >= 11 is 0. The van der Waals surface area contributed by atoms with Gasteiger partial charge in [0.2, 0.25) is 0 Å². The first-order chi connectivity index (χ1) is 9.49. The lowest BCUT2D eigenvalue weighted by Crippen LogP contribution is -2.41. The van der Waals surface area contributed by atoms with Crippen LogP contribution in [0, 0.1) is 6.92 Å². The summed E-state index contributed by atoms with van der Waals surface area (Å²) in [6.45, 7) is 3.86. The molecule has 0 aliphatic heterocycles. The Labute approximate surface area is 119 Å². The fraction of sp³-hybridized carbons (Fsp3) is 0.467. The molecule has 5 heteroatoms. The molecule has 0 heterocycles. The predicted octanol–water partition coefficient (Wildman–Crippen LogP) is 2.04. The first-order valence-electron chi connectivity index (χ1n) is 6.74. The maximum absolute atomic E-state index is 12.1. The van der Waals surface area contributed by atoms with E-state index in [-0.39, 0.29) is 5.91 Å². The lowest BCUT2D eigenvalue weighted by atomic mass is 10.1. The van der Waals surface area contributed by atoms with Crippen LogP contribution in [0.2, 0.25) is 0 Å². The monoisotopic (exact) mass is 278 g/mol. The molecule has 0 aliphatic rings. The molecule has 1 atom stereocenters. The molecule has 1 aromatic rings. The van der Waals surface area contributed by atoms with Crippen LogP contribution in [0.1, 0.15) is 42.1 Å². The Bertz CT molecular complexity index is 486. The minimum atomic E-state index is -0.606. The molecule has 0 radical (unpaired) electrons. The average Bonchev–Trinajstić information content (AvgIpc) is 2.45. The van der Waals surface area contributed by atoms with Crippen LogP contribution in [-0.2, 0) is 9.53 Å². The van der Waals surface area contributed by atoms with E-state index in [1.807, 2.05) is 13.8 Å². The Morgan fingerprint density at radius 2 is 2.10 bits per heavy atom. The molecule has 0 aromatic heterocycles. The number of nitrogen functional groups attached to an aromatic ring is 1. The second-order valence-electron chi connectivity index (χ2n) is 4.76. The number of methoxy groups -OCH3 is 1. The van der Waals surface area contributed by atoms with Crippen LogP contribution in [0.25, 0.3) is 0 Å². The van der Waals surface area contributed by atoms with Crippen molar-refractivity contribution in [1.29, 1.82) is 0 Å². The zero-order valence-corrected chi connectivity index (χ0v) is 12.2. The molecule has 0 aliphatic carbocycles. The van der Waals surface area contributed by atoms with Gasteiger partial charge in [0.25, 0.3) is 5.91 Å². The van der Waals surface area contributed by atoms with Crippen LogP contribution in [0.3, 0.4) is 0 Å². The predicted molar refractivity (Wildman–Crippen MR) is 78.4 cm³/mol. The number of amides is 1. The van der Waals surface area contributed by atoms with Gasteiger partial charge < -0.3 is 15.8 Å². The number of nitrogens with one attached hydrogen (secondary N) is 1. The fourth-order valence-corrected chi connectivity index (χ4v) is 1.86. The van der Waals surface area contributed by atoms with Crippen molar-refractivity contribution in [1.82, 2.24) is 5.32 Å². The average molecular weight is 278 g/mol. The summed E-state index contributed by atoms with van der Waals surface area (Å²) in [6, 6.07) is 4.43. The number of aryl methyl sites for hydroxylation is 1. The van der Waals surface area contributed by atoms with Gasteiger partial charge in [0.05, 0.1) is 7.11 Å². The van der Waals surface area contributed by atoms with E-state index in [1.165, 1.54) is 7.11 Å². The number of hydrogen-bond acceptors (Lipinski definition) is 4. The highest BCUT2D eigenvalue weighted by Gasteiger charge is 2.21. The maximum Gasteiger partial charge on any atom is 0.328 e. The van der Waals surface area contributed by atoms with Gasteiger partial charge in [0.15, 0.2) is 0 Å². The lowest BCUT2D eigenvalue weighted by Gasteiger charge is -2.16. The van der Waals surface area contributed by atoms with Crippen LogP contribution in [0.15, 0.2) is 18.2 Å². The molecule has 0 spiro atoms. The number of unbranched alkanes of at least 4 members (excludes halogenated alkanes) is 1. The van der Waals surface area contributed by atoms with Crippen molar-refractivity contribution in [3.05, 3.63) is 29.3 Å². The molecule has 3 N–H and O–H groups in total. The van der Waals surface area contributed by atoms with Gasteiger partial charge in [-0.1, -0.05) is 19.8 Å². The van der Waals surface area contributed by atoms with Crippen LogP contribution in [0.5, 0.6) is 0 Å². The van der Waals surface area contributed by atoms with Crippen molar-refractivity contribution in [2.45, 2.75) is 39.2 Å². The van der Waals surface area contributed by atoms with E-state index < -0.39 is 12.0 Å². The van der Waals surface area contributed by atoms with E-state index in [0.717, 1.165) is 18.4 Å². The summed E-state index contributed by atoms with van der Waals surface area (Å²) in [4.78, 5) is 23.8. The van der Waals surface area contributed by atoms with Gasteiger partial charge in [-0.25, -0.2) is 4.79 Å². The molecule has 20 heavy (non-hydrogen) atoms. The minimum absolute atomic E-state index is 0.292. The Kier molecular flexibility index (Phi) is 6.03. The number of hydrogen-bond donors (Lipinski definition) is 2. The number of nitrogens with two attached hydrogens (primary N) is 1. The third-order valence-corrected chi connectivity index (χ3v) is 3.17. The Hall–Kier alpha value is -2.04. The highest BCUT2D eigenvalue weighted by atomic mass is 16.5. The van der Waals surface area contributed by atoms with Gasteiger partial charge in [-0.05, 0) is 37.1 Å². The van der Waals surface area contributed by atoms with Gasteiger partial charge in [-0.15, -0.1) is 0 Å². The molecule has 1 rings (SSSR count). The topological polar surface area (TPSA) is 81.4 Å². The van der Waals surface area contributed by atoms with E-state index in [2.05, 4.69) is 5.32 Å². The second-order valence-corrected chi connectivity index (χ2v) is 4.76. The van der Waals surface area contributed by atoms with Crippen molar-refractivity contribution in [2.24, 2.45) is 0 Å².